The van der Waals surface area contributed by atoms with E-state index >= 15 is 0 Å². The molecule has 0 fully saturated rings. The highest BCUT2D eigenvalue weighted by atomic mass is 127. The van der Waals surface area contributed by atoms with Crippen LogP contribution in [0.3, 0.4) is 0 Å². The van der Waals surface area contributed by atoms with Crippen LogP contribution >= 0.6 is 22.6 Å². The van der Waals surface area contributed by atoms with Gasteiger partial charge in [0, 0.05) is 8.99 Å². The molecule has 0 saturated carbocycles. The largest absolute Gasteiger partial charge is 0.0769 e. The molecular formula is C27H27I. The Morgan fingerprint density at radius 3 is 2.43 bits per heavy atom. The van der Waals surface area contributed by atoms with E-state index < -0.39 is 0 Å². The summed E-state index contributed by atoms with van der Waals surface area (Å²) in [6.07, 6.45) is 5.79. The summed E-state index contributed by atoms with van der Waals surface area (Å²) >= 11 is 2.40. The molecule has 0 bridgehead atoms. The van der Waals surface area contributed by atoms with Crippen molar-refractivity contribution in [3.8, 4) is 11.1 Å². The minimum absolute atomic E-state index is 0.0612. The Kier molecular flexibility index (Phi) is 5.22. The van der Waals surface area contributed by atoms with Crippen LogP contribution in [0.5, 0.6) is 0 Å². The quantitative estimate of drug-likeness (QED) is 0.384. The molecule has 1 unspecified atom stereocenters. The van der Waals surface area contributed by atoms with Gasteiger partial charge in [0.1, 0.15) is 0 Å². The van der Waals surface area contributed by atoms with Crippen molar-refractivity contribution in [2.75, 3.05) is 0 Å². The molecule has 3 aromatic carbocycles. The van der Waals surface area contributed by atoms with E-state index in [4.69, 9.17) is 0 Å². The monoisotopic (exact) mass is 478 g/mol. The van der Waals surface area contributed by atoms with Crippen molar-refractivity contribution >= 4 is 34.7 Å². The minimum Gasteiger partial charge on any atom is -0.0769 e. The van der Waals surface area contributed by atoms with Crippen molar-refractivity contribution in [3.63, 3.8) is 0 Å². The maximum atomic E-state index is 2.44. The molecule has 0 aromatic heterocycles. The lowest BCUT2D eigenvalue weighted by atomic mass is 9.81. The van der Waals surface area contributed by atoms with Gasteiger partial charge in [0.2, 0.25) is 0 Å². The van der Waals surface area contributed by atoms with Crippen molar-refractivity contribution in [2.24, 2.45) is 0 Å². The first-order valence-electron chi connectivity index (χ1n) is 10.1. The van der Waals surface area contributed by atoms with Gasteiger partial charge in [0.15, 0.2) is 0 Å². The third kappa shape index (κ3) is 3.34. The van der Waals surface area contributed by atoms with Crippen LogP contribution < -0.4 is 10.4 Å². The maximum absolute atomic E-state index is 2.44. The van der Waals surface area contributed by atoms with E-state index in [1.165, 1.54) is 41.8 Å². The Morgan fingerprint density at radius 1 is 0.893 bits per heavy atom. The zero-order valence-electron chi connectivity index (χ0n) is 17.1. The van der Waals surface area contributed by atoms with E-state index in [9.17, 15) is 0 Å². The molecule has 0 saturated heterocycles. The predicted molar refractivity (Wildman–Crippen MR) is 130 cm³/mol. The Bertz CT molecular complexity index is 1150. The average molecular weight is 478 g/mol. The van der Waals surface area contributed by atoms with Crippen LogP contribution in [0, 0.1) is 3.57 Å². The Balaban J connectivity index is 1.79. The Labute approximate surface area is 182 Å². The van der Waals surface area contributed by atoms with Crippen LogP contribution in [-0.2, 0) is 5.41 Å². The van der Waals surface area contributed by atoms with Crippen LogP contribution in [0.1, 0.15) is 56.7 Å². The summed E-state index contributed by atoms with van der Waals surface area (Å²) in [5, 5.41) is 2.67. The average Bonchev–Trinajstić information content (AvgIpc) is 2.92. The summed E-state index contributed by atoms with van der Waals surface area (Å²) in [5.41, 5.74) is 7.13. The van der Waals surface area contributed by atoms with E-state index in [-0.39, 0.29) is 5.41 Å². The molecule has 1 heteroatoms. The van der Waals surface area contributed by atoms with Gasteiger partial charge in [-0.2, -0.15) is 0 Å². The third-order valence-electron chi connectivity index (χ3n) is 6.04. The van der Waals surface area contributed by atoms with Crippen molar-refractivity contribution < 1.29 is 0 Å². The molecule has 0 radical (unpaired) electrons. The van der Waals surface area contributed by atoms with Crippen molar-refractivity contribution in [2.45, 2.75) is 45.4 Å². The fourth-order valence-corrected chi connectivity index (χ4v) is 4.98. The summed E-state index contributed by atoms with van der Waals surface area (Å²) in [6.45, 7) is 9.21. The SMILES string of the molecule is CC/C=c1/cc(I)cc/c1=C/C(C)c1ccc2c(c1)C(C)(C)c1ccccc1-2. The van der Waals surface area contributed by atoms with Crippen LogP contribution in [0.25, 0.3) is 23.3 Å². The molecule has 1 aliphatic carbocycles. The summed E-state index contributed by atoms with van der Waals surface area (Å²) in [5.74, 6) is 0.369. The normalized spacial score (nSPS) is 16.8. The predicted octanol–water partition coefficient (Wildman–Crippen LogP) is 6.37. The van der Waals surface area contributed by atoms with Gasteiger partial charge in [-0.05, 0) is 85.3 Å². The third-order valence-corrected chi connectivity index (χ3v) is 6.71. The molecule has 3 aromatic rings. The lowest BCUT2D eigenvalue weighted by Crippen LogP contribution is -2.25. The molecule has 28 heavy (non-hydrogen) atoms. The maximum Gasteiger partial charge on any atom is 0.0158 e. The summed E-state index contributed by atoms with van der Waals surface area (Å²) in [4.78, 5) is 0. The summed E-state index contributed by atoms with van der Waals surface area (Å²) < 4.78 is 1.29. The first kappa shape index (κ1) is 19.4. The fraction of sp³-hybridized carbons (Fsp3) is 0.259. The molecule has 142 valence electrons. The number of rotatable bonds is 3. The van der Waals surface area contributed by atoms with Crippen molar-refractivity contribution in [1.82, 2.24) is 0 Å². The number of hydrogen-bond acceptors (Lipinski definition) is 0. The molecule has 0 heterocycles. The van der Waals surface area contributed by atoms with Gasteiger partial charge < -0.3 is 0 Å². The number of hydrogen-bond donors (Lipinski definition) is 0. The first-order chi connectivity index (χ1) is 13.4. The topological polar surface area (TPSA) is 0 Å². The van der Waals surface area contributed by atoms with Gasteiger partial charge in [0.05, 0.1) is 0 Å². The van der Waals surface area contributed by atoms with Gasteiger partial charge in [-0.1, -0.05) is 88.4 Å². The lowest BCUT2D eigenvalue weighted by Gasteiger charge is -2.22. The summed E-state index contributed by atoms with van der Waals surface area (Å²) in [7, 11) is 0. The van der Waals surface area contributed by atoms with E-state index in [0.29, 0.717) is 5.92 Å². The van der Waals surface area contributed by atoms with Gasteiger partial charge in [-0.25, -0.2) is 0 Å². The molecule has 0 nitrogen and oxygen atoms in total. The van der Waals surface area contributed by atoms with Crippen LogP contribution in [0.4, 0.5) is 0 Å². The van der Waals surface area contributed by atoms with Gasteiger partial charge in [0.25, 0.3) is 0 Å². The second-order valence-electron chi connectivity index (χ2n) is 8.32. The Hall–Kier alpha value is -1.87. The van der Waals surface area contributed by atoms with Crippen LogP contribution in [0.2, 0.25) is 0 Å². The lowest BCUT2D eigenvalue weighted by molar-refractivity contribution is 0.659. The second-order valence-corrected chi connectivity index (χ2v) is 9.56. The van der Waals surface area contributed by atoms with Gasteiger partial charge in [-0.15, -0.1) is 0 Å². The highest BCUT2D eigenvalue weighted by Crippen LogP contribution is 2.49. The molecule has 0 amide bonds. The molecule has 0 aliphatic heterocycles. The molecule has 1 aliphatic rings. The van der Waals surface area contributed by atoms with Crippen LogP contribution in [-0.4, -0.2) is 0 Å². The van der Waals surface area contributed by atoms with Crippen molar-refractivity contribution in [1.29, 1.82) is 0 Å². The molecule has 4 rings (SSSR count). The second kappa shape index (κ2) is 7.51. The van der Waals surface area contributed by atoms with Crippen molar-refractivity contribution in [3.05, 3.63) is 91.4 Å². The smallest absolute Gasteiger partial charge is 0.0158 e. The molecular weight excluding hydrogens is 451 g/mol. The van der Waals surface area contributed by atoms with Gasteiger partial charge in [-0.3, -0.25) is 0 Å². The van der Waals surface area contributed by atoms with E-state index in [1.54, 1.807) is 0 Å². The number of halogens is 1. The first-order valence-corrected chi connectivity index (χ1v) is 11.2. The number of fused-ring (bicyclic) bond motifs is 3. The van der Waals surface area contributed by atoms with E-state index in [1.807, 2.05) is 0 Å². The summed E-state index contributed by atoms with van der Waals surface area (Å²) in [6, 6.07) is 22.7. The highest BCUT2D eigenvalue weighted by molar-refractivity contribution is 14.1. The Morgan fingerprint density at radius 2 is 1.64 bits per heavy atom. The van der Waals surface area contributed by atoms with E-state index in [0.717, 1.165) is 6.42 Å². The minimum atomic E-state index is 0.0612. The van der Waals surface area contributed by atoms with Gasteiger partial charge >= 0.3 is 0 Å². The number of benzene rings is 3. The zero-order chi connectivity index (χ0) is 19.9. The van der Waals surface area contributed by atoms with E-state index in [2.05, 4.69) is 123 Å². The molecule has 0 N–H and O–H groups in total. The molecule has 0 spiro atoms. The fourth-order valence-electron chi connectivity index (χ4n) is 4.46. The highest BCUT2D eigenvalue weighted by Gasteiger charge is 2.35. The standard InChI is InChI=1S/C27H27I/c1-5-8-20-16-22(28)13-11-21(20)15-18(2)19-12-14-24-23-9-6-7-10-25(23)27(3,4)26(24)17-19/h6-18H,5H2,1-4H3/b20-8-,21-15-. The zero-order valence-corrected chi connectivity index (χ0v) is 19.2. The van der Waals surface area contributed by atoms with Crippen LogP contribution in [0.15, 0.2) is 60.7 Å². The molecule has 1 atom stereocenters.